The number of rotatable bonds is 6. The molecule has 2 rings (SSSR count). The second-order valence-corrected chi connectivity index (χ2v) is 5.48. The Hall–Kier alpha value is -1.63. The van der Waals surface area contributed by atoms with Crippen molar-refractivity contribution in [2.24, 2.45) is 5.92 Å². The molecular formula is C12H13BrN2O4. The van der Waals surface area contributed by atoms with Crippen LogP contribution in [0.1, 0.15) is 12.8 Å². The molecule has 0 heterocycles. The number of anilines is 1. The summed E-state index contributed by atoms with van der Waals surface area (Å²) in [7, 11) is 1.83. The molecule has 1 aliphatic carbocycles. The Labute approximate surface area is 118 Å². The van der Waals surface area contributed by atoms with E-state index in [4.69, 9.17) is 4.74 Å². The first kappa shape index (κ1) is 13.8. The predicted molar refractivity (Wildman–Crippen MR) is 73.5 cm³/mol. The van der Waals surface area contributed by atoms with E-state index in [1.165, 1.54) is 18.9 Å². The molecule has 0 saturated heterocycles. The number of nitrogens with zero attached hydrogens (tertiary/aromatic N) is 2. The van der Waals surface area contributed by atoms with Crippen molar-refractivity contribution in [2.45, 2.75) is 12.8 Å². The van der Waals surface area contributed by atoms with Crippen LogP contribution in [0.25, 0.3) is 0 Å². The zero-order valence-corrected chi connectivity index (χ0v) is 11.9. The zero-order chi connectivity index (χ0) is 14.0. The Bertz CT molecular complexity index is 517. The van der Waals surface area contributed by atoms with Crippen LogP contribution in [0.2, 0.25) is 0 Å². The highest BCUT2D eigenvalue weighted by atomic mass is 79.9. The van der Waals surface area contributed by atoms with E-state index in [1.54, 1.807) is 6.07 Å². The summed E-state index contributed by atoms with van der Waals surface area (Å²) in [5, 5.41) is 11.0. The van der Waals surface area contributed by atoms with Crippen LogP contribution in [0.3, 0.4) is 0 Å². The molecule has 0 spiro atoms. The average Bonchev–Trinajstić information content (AvgIpc) is 3.14. The van der Waals surface area contributed by atoms with E-state index in [2.05, 4.69) is 15.9 Å². The van der Waals surface area contributed by atoms with Gasteiger partial charge in [0.05, 0.1) is 10.6 Å². The summed E-state index contributed by atoms with van der Waals surface area (Å²) in [6.45, 7) is 1.01. The van der Waals surface area contributed by atoms with Gasteiger partial charge in [-0.2, -0.15) is 0 Å². The fourth-order valence-electron chi connectivity index (χ4n) is 1.94. The molecule has 0 bridgehead atoms. The largest absolute Gasteiger partial charge is 0.419 e. The minimum atomic E-state index is -0.557. The minimum absolute atomic E-state index is 0.00801. The lowest BCUT2D eigenvalue weighted by Crippen LogP contribution is -2.21. The molecule has 0 N–H and O–H groups in total. The first-order chi connectivity index (χ1) is 9.02. The van der Waals surface area contributed by atoms with Crippen LogP contribution in [-0.2, 0) is 4.79 Å². The SMILES string of the molecule is CN(CC1CC1)c1cc(Br)cc([N+](=O)[O-])c1OC=O. The molecule has 0 unspecified atom stereocenters. The standard InChI is InChI=1S/C12H13BrN2O4/c1-14(6-8-2-3-8)10-4-9(13)5-11(15(17)18)12(10)19-7-16/h4-5,7-8H,2-3,6H2,1H3. The maximum Gasteiger partial charge on any atom is 0.315 e. The van der Waals surface area contributed by atoms with Gasteiger partial charge in [-0.3, -0.25) is 14.9 Å². The number of carbonyl (C=O) groups is 1. The summed E-state index contributed by atoms with van der Waals surface area (Å²) in [5.41, 5.74) is 0.319. The Kier molecular flexibility index (Phi) is 4.04. The van der Waals surface area contributed by atoms with Crippen LogP contribution in [0.15, 0.2) is 16.6 Å². The van der Waals surface area contributed by atoms with Crippen LogP contribution in [0.5, 0.6) is 5.75 Å². The molecule has 102 valence electrons. The van der Waals surface area contributed by atoms with E-state index in [1.807, 2.05) is 11.9 Å². The van der Waals surface area contributed by atoms with E-state index >= 15 is 0 Å². The van der Waals surface area contributed by atoms with Crippen LogP contribution >= 0.6 is 15.9 Å². The first-order valence-electron chi connectivity index (χ1n) is 5.82. The second-order valence-electron chi connectivity index (χ2n) is 4.57. The smallest absolute Gasteiger partial charge is 0.315 e. The molecule has 0 amide bonds. The predicted octanol–water partition coefficient (Wildman–Crippen LogP) is 2.74. The summed E-state index contributed by atoms with van der Waals surface area (Å²) >= 11 is 3.24. The Morgan fingerprint density at radius 1 is 1.58 bits per heavy atom. The third-order valence-corrected chi connectivity index (χ3v) is 3.48. The fourth-order valence-corrected chi connectivity index (χ4v) is 2.37. The van der Waals surface area contributed by atoms with Gasteiger partial charge in [0.25, 0.3) is 6.47 Å². The maximum atomic E-state index is 11.0. The number of carbonyl (C=O) groups excluding carboxylic acids is 1. The highest BCUT2D eigenvalue weighted by molar-refractivity contribution is 9.10. The van der Waals surface area contributed by atoms with Crippen LogP contribution < -0.4 is 9.64 Å². The van der Waals surface area contributed by atoms with Crippen molar-refractivity contribution in [1.82, 2.24) is 0 Å². The normalized spacial score (nSPS) is 14.0. The van der Waals surface area contributed by atoms with Crippen LogP contribution in [0, 0.1) is 16.0 Å². The van der Waals surface area contributed by atoms with Crippen molar-refractivity contribution in [3.05, 3.63) is 26.7 Å². The van der Waals surface area contributed by atoms with Crippen molar-refractivity contribution < 1.29 is 14.5 Å². The van der Waals surface area contributed by atoms with Gasteiger partial charge in [-0.1, -0.05) is 15.9 Å². The Morgan fingerprint density at radius 2 is 2.26 bits per heavy atom. The van der Waals surface area contributed by atoms with Crippen molar-refractivity contribution in [2.75, 3.05) is 18.5 Å². The van der Waals surface area contributed by atoms with Gasteiger partial charge in [0.15, 0.2) is 0 Å². The third-order valence-electron chi connectivity index (χ3n) is 3.02. The quantitative estimate of drug-likeness (QED) is 0.456. The summed E-state index contributed by atoms with van der Waals surface area (Å²) in [4.78, 5) is 22.9. The highest BCUT2D eigenvalue weighted by Crippen LogP contribution is 2.41. The van der Waals surface area contributed by atoms with E-state index in [-0.39, 0.29) is 17.9 Å². The van der Waals surface area contributed by atoms with Crippen molar-refractivity contribution in [3.63, 3.8) is 0 Å². The van der Waals surface area contributed by atoms with E-state index in [9.17, 15) is 14.9 Å². The summed E-state index contributed by atoms with van der Waals surface area (Å²) in [5.74, 6) is 0.610. The minimum Gasteiger partial charge on any atom is -0.419 e. The lowest BCUT2D eigenvalue weighted by atomic mass is 10.2. The summed E-state index contributed by atoms with van der Waals surface area (Å²) < 4.78 is 5.40. The van der Waals surface area contributed by atoms with Gasteiger partial charge in [0.2, 0.25) is 5.75 Å². The highest BCUT2D eigenvalue weighted by Gasteiger charge is 2.27. The molecule has 0 aliphatic heterocycles. The molecule has 19 heavy (non-hydrogen) atoms. The fraction of sp³-hybridized carbons (Fsp3) is 0.417. The van der Waals surface area contributed by atoms with Gasteiger partial charge in [0.1, 0.15) is 0 Å². The molecule has 6 nitrogen and oxygen atoms in total. The topological polar surface area (TPSA) is 72.7 Å². The molecule has 0 atom stereocenters. The first-order valence-corrected chi connectivity index (χ1v) is 6.61. The molecule has 1 fully saturated rings. The van der Waals surface area contributed by atoms with E-state index < -0.39 is 4.92 Å². The van der Waals surface area contributed by atoms with Gasteiger partial charge in [-0.25, -0.2) is 0 Å². The van der Waals surface area contributed by atoms with Crippen LogP contribution in [0.4, 0.5) is 11.4 Å². The van der Waals surface area contributed by atoms with Crippen molar-refractivity contribution >= 4 is 33.8 Å². The Balaban J connectivity index is 2.42. The molecule has 1 aromatic rings. The maximum absolute atomic E-state index is 11.0. The van der Waals surface area contributed by atoms with E-state index in [0.29, 0.717) is 16.1 Å². The Morgan fingerprint density at radius 3 is 2.79 bits per heavy atom. The number of benzene rings is 1. The van der Waals surface area contributed by atoms with Gasteiger partial charge in [0, 0.05) is 24.1 Å². The zero-order valence-electron chi connectivity index (χ0n) is 10.3. The average molecular weight is 329 g/mol. The molecule has 1 aromatic carbocycles. The second kappa shape index (κ2) is 5.56. The van der Waals surface area contributed by atoms with Gasteiger partial charge in [-0.05, 0) is 24.8 Å². The lowest BCUT2D eigenvalue weighted by molar-refractivity contribution is -0.385. The van der Waals surface area contributed by atoms with Gasteiger partial charge in [-0.15, -0.1) is 0 Å². The van der Waals surface area contributed by atoms with Crippen molar-refractivity contribution in [3.8, 4) is 5.75 Å². The number of nitro groups is 1. The number of ether oxygens (including phenoxy) is 1. The van der Waals surface area contributed by atoms with Crippen LogP contribution in [-0.4, -0.2) is 25.0 Å². The molecule has 1 aliphatic rings. The molecule has 1 saturated carbocycles. The third kappa shape index (κ3) is 3.23. The molecule has 7 heteroatoms. The molecule has 0 radical (unpaired) electrons. The van der Waals surface area contributed by atoms with Crippen molar-refractivity contribution in [1.29, 1.82) is 0 Å². The summed E-state index contributed by atoms with van der Waals surface area (Å²) in [6, 6.07) is 3.04. The van der Waals surface area contributed by atoms with Gasteiger partial charge >= 0.3 is 5.69 Å². The van der Waals surface area contributed by atoms with Gasteiger partial charge < -0.3 is 9.64 Å². The monoisotopic (exact) mass is 328 g/mol. The molecular weight excluding hydrogens is 316 g/mol. The number of hydrogen-bond donors (Lipinski definition) is 0. The number of hydrogen-bond acceptors (Lipinski definition) is 5. The van der Waals surface area contributed by atoms with E-state index in [0.717, 1.165) is 6.54 Å². The summed E-state index contributed by atoms with van der Waals surface area (Å²) in [6.07, 6.45) is 2.34. The number of halogens is 1. The molecule has 0 aromatic heterocycles. The number of nitro benzene ring substituents is 1. The lowest BCUT2D eigenvalue weighted by Gasteiger charge is -2.21.